The van der Waals surface area contributed by atoms with Crippen LogP contribution in [0.15, 0.2) is 85.4 Å². The van der Waals surface area contributed by atoms with Crippen molar-refractivity contribution < 1.29 is 14.7 Å². The van der Waals surface area contributed by atoms with Crippen molar-refractivity contribution in [3.8, 4) is 0 Å². The van der Waals surface area contributed by atoms with Crippen LogP contribution in [0.5, 0.6) is 0 Å². The molecule has 0 saturated carbocycles. The summed E-state index contributed by atoms with van der Waals surface area (Å²) in [7, 11) is 0. The minimum Gasteiger partial charge on any atom is -0.480 e. The van der Waals surface area contributed by atoms with E-state index in [1.54, 1.807) is 6.20 Å². The first-order valence-electron chi connectivity index (χ1n) is 12.0. The number of imidazole rings is 1. The Bertz CT molecular complexity index is 846. The Kier molecular flexibility index (Phi) is 17.0. The molecule has 1 rings (SSSR count). The molecule has 0 aliphatic heterocycles. The molecule has 1 atom stereocenters. The Balaban J connectivity index is 2.08. The topological polar surface area (TPSA) is 95.1 Å². The normalized spacial score (nSPS) is 13.4. The van der Waals surface area contributed by atoms with Gasteiger partial charge in [0.1, 0.15) is 6.04 Å². The zero-order valence-corrected chi connectivity index (χ0v) is 20.2. The largest absolute Gasteiger partial charge is 0.480 e. The van der Waals surface area contributed by atoms with Crippen LogP contribution in [0.25, 0.3) is 0 Å². The van der Waals surface area contributed by atoms with E-state index in [0.717, 1.165) is 38.5 Å². The highest BCUT2D eigenvalue weighted by Gasteiger charge is 2.20. The second kappa shape index (κ2) is 20.2. The van der Waals surface area contributed by atoms with Gasteiger partial charge in [-0.1, -0.05) is 79.8 Å². The third-order valence-electron chi connectivity index (χ3n) is 4.74. The predicted octanol–water partition coefficient (Wildman–Crippen LogP) is 6.00. The summed E-state index contributed by atoms with van der Waals surface area (Å²) < 4.78 is 0. The number of carboxylic acid groups (broad SMARTS) is 1. The van der Waals surface area contributed by atoms with Crippen LogP contribution in [-0.4, -0.2) is 33.0 Å². The molecule has 0 aromatic carbocycles. The van der Waals surface area contributed by atoms with E-state index in [1.165, 1.54) is 6.33 Å². The van der Waals surface area contributed by atoms with Crippen molar-refractivity contribution in [1.82, 2.24) is 15.3 Å². The van der Waals surface area contributed by atoms with E-state index in [0.29, 0.717) is 12.1 Å². The first kappa shape index (κ1) is 28.6. The number of carbonyl (C=O) groups excluding carboxylic acids is 1. The Morgan fingerprint density at radius 1 is 0.912 bits per heavy atom. The first-order chi connectivity index (χ1) is 16.6. The summed E-state index contributed by atoms with van der Waals surface area (Å²) in [6.45, 7) is 2.14. The third-order valence-corrected chi connectivity index (χ3v) is 4.74. The molecule has 34 heavy (non-hydrogen) atoms. The molecular formula is C28H39N3O3. The number of H-pyrrole nitrogens is 1. The van der Waals surface area contributed by atoms with Crippen molar-refractivity contribution in [3.63, 3.8) is 0 Å². The van der Waals surface area contributed by atoms with Crippen molar-refractivity contribution in [2.75, 3.05) is 0 Å². The minimum absolute atomic E-state index is 0.157. The average Bonchev–Trinajstić information content (AvgIpc) is 3.33. The Labute approximate surface area is 204 Å². The molecule has 0 fully saturated rings. The predicted molar refractivity (Wildman–Crippen MR) is 139 cm³/mol. The van der Waals surface area contributed by atoms with Gasteiger partial charge in [0.2, 0.25) is 5.91 Å². The number of amides is 1. The molecule has 1 aromatic rings. The average molecular weight is 466 g/mol. The van der Waals surface area contributed by atoms with Gasteiger partial charge in [-0.2, -0.15) is 0 Å². The summed E-state index contributed by atoms with van der Waals surface area (Å²) >= 11 is 0. The van der Waals surface area contributed by atoms with Gasteiger partial charge in [-0.25, -0.2) is 9.78 Å². The number of nitrogens with one attached hydrogen (secondary N) is 2. The molecule has 0 aliphatic carbocycles. The molecule has 0 bridgehead atoms. The summed E-state index contributed by atoms with van der Waals surface area (Å²) in [6.07, 6.45) is 35.5. The Morgan fingerprint density at radius 3 is 2.21 bits per heavy atom. The molecule has 0 saturated heterocycles. The maximum Gasteiger partial charge on any atom is 0.326 e. The summed E-state index contributed by atoms with van der Waals surface area (Å²) in [6, 6.07) is -0.972. The molecule has 1 aromatic heterocycles. The smallest absolute Gasteiger partial charge is 0.326 e. The minimum atomic E-state index is -1.07. The van der Waals surface area contributed by atoms with E-state index in [-0.39, 0.29) is 18.7 Å². The molecule has 0 aliphatic rings. The molecular weight excluding hydrogens is 426 g/mol. The van der Waals surface area contributed by atoms with Crippen LogP contribution >= 0.6 is 0 Å². The molecule has 0 spiro atoms. The Morgan fingerprint density at radius 2 is 1.53 bits per heavy atom. The first-order valence-corrected chi connectivity index (χ1v) is 12.0. The van der Waals surface area contributed by atoms with Crippen LogP contribution in [0.4, 0.5) is 0 Å². The highest BCUT2D eigenvalue weighted by atomic mass is 16.4. The molecule has 0 radical (unpaired) electrons. The summed E-state index contributed by atoms with van der Waals surface area (Å²) in [4.78, 5) is 30.1. The van der Waals surface area contributed by atoms with Crippen LogP contribution in [-0.2, 0) is 16.0 Å². The van der Waals surface area contributed by atoms with E-state index < -0.39 is 12.0 Å². The fraction of sp³-hybridized carbons (Fsp3) is 0.393. The number of carbonyl (C=O) groups is 2. The van der Waals surface area contributed by atoms with Gasteiger partial charge in [0.15, 0.2) is 0 Å². The fourth-order valence-corrected chi connectivity index (χ4v) is 2.94. The molecule has 0 unspecified atom stereocenters. The maximum atomic E-state index is 12.0. The SMILES string of the molecule is CCC=CCC=CCCC=CC=CCC=CCC=CCCC(=O)N[C@@H](Cc1c[nH]cn1)C(=O)O. The molecule has 184 valence electrons. The van der Waals surface area contributed by atoms with E-state index in [1.807, 2.05) is 12.2 Å². The molecule has 6 heteroatoms. The van der Waals surface area contributed by atoms with Crippen LogP contribution in [0.1, 0.15) is 64.0 Å². The summed E-state index contributed by atoms with van der Waals surface area (Å²) in [5, 5.41) is 11.8. The van der Waals surface area contributed by atoms with Gasteiger partial charge in [-0.05, 0) is 44.9 Å². The highest BCUT2D eigenvalue weighted by molar-refractivity contribution is 5.83. The van der Waals surface area contributed by atoms with Crippen molar-refractivity contribution in [2.24, 2.45) is 0 Å². The number of hydrogen-bond donors (Lipinski definition) is 3. The van der Waals surface area contributed by atoms with Gasteiger partial charge in [-0.15, -0.1) is 0 Å². The van der Waals surface area contributed by atoms with E-state index in [9.17, 15) is 14.7 Å². The molecule has 1 amide bonds. The number of aromatic nitrogens is 2. The van der Waals surface area contributed by atoms with Crippen LogP contribution in [0, 0.1) is 0 Å². The molecule has 3 N–H and O–H groups in total. The van der Waals surface area contributed by atoms with Crippen LogP contribution in [0.2, 0.25) is 0 Å². The maximum absolute atomic E-state index is 12.0. The van der Waals surface area contributed by atoms with Crippen LogP contribution in [0.3, 0.4) is 0 Å². The number of aliphatic carboxylic acids is 1. The summed E-state index contributed by atoms with van der Waals surface area (Å²) in [5.74, 6) is -1.34. The lowest BCUT2D eigenvalue weighted by atomic mass is 10.1. The second-order valence-corrected chi connectivity index (χ2v) is 7.70. The number of carboxylic acids is 1. The van der Waals surface area contributed by atoms with Crippen molar-refractivity contribution in [1.29, 1.82) is 0 Å². The Hall–Kier alpha value is -3.41. The van der Waals surface area contributed by atoms with Gasteiger partial charge in [-0.3, -0.25) is 4.79 Å². The van der Waals surface area contributed by atoms with Gasteiger partial charge in [0.25, 0.3) is 0 Å². The summed E-state index contributed by atoms with van der Waals surface area (Å²) in [5.41, 5.74) is 0.601. The van der Waals surface area contributed by atoms with E-state index in [4.69, 9.17) is 0 Å². The second-order valence-electron chi connectivity index (χ2n) is 7.70. The quantitative estimate of drug-likeness (QED) is 0.141. The van der Waals surface area contributed by atoms with Crippen molar-refractivity contribution in [2.45, 2.75) is 70.8 Å². The molecule has 6 nitrogen and oxygen atoms in total. The van der Waals surface area contributed by atoms with Gasteiger partial charge in [0.05, 0.1) is 12.0 Å². The molecule has 1 heterocycles. The zero-order chi connectivity index (χ0) is 24.7. The van der Waals surface area contributed by atoms with Crippen molar-refractivity contribution >= 4 is 11.9 Å². The standard InChI is InChI=1S/C28H39N3O3/c1-2-3-4-5-6-7-8-9-10-11-12-13-14-15-16-17-18-19-20-21-27(32)31-26(28(33)34)22-25-23-29-24-30-25/h3-4,6-7,10-13,15-16,18-19,23-24,26H,2,5,8-9,14,17,20-22H2,1H3,(H,29,30)(H,31,32)(H,33,34)/t26-/m0/s1. The number of hydrogen-bond acceptors (Lipinski definition) is 3. The van der Waals surface area contributed by atoms with Gasteiger partial charge < -0.3 is 15.4 Å². The fourth-order valence-electron chi connectivity index (χ4n) is 2.94. The number of rotatable bonds is 18. The number of nitrogens with zero attached hydrogens (tertiary/aromatic N) is 1. The highest BCUT2D eigenvalue weighted by Crippen LogP contribution is 2.01. The van der Waals surface area contributed by atoms with E-state index in [2.05, 4.69) is 83.0 Å². The number of allylic oxidation sites excluding steroid dienone is 12. The third kappa shape index (κ3) is 16.3. The number of aromatic amines is 1. The van der Waals surface area contributed by atoms with Crippen LogP contribution < -0.4 is 5.32 Å². The lowest BCUT2D eigenvalue weighted by Crippen LogP contribution is -2.42. The van der Waals surface area contributed by atoms with Gasteiger partial charge in [0, 0.05) is 19.0 Å². The number of unbranched alkanes of at least 4 members (excludes halogenated alkanes) is 1. The van der Waals surface area contributed by atoms with E-state index >= 15 is 0 Å². The zero-order valence-electron chi connectivity index (χ0n) is 20.2. The lowest BCUT2D eigenvalue weighted by molar-refractivity contribution is -0.141. The van der Waals surface area contributed by atoms with Gasteiger partial charge >= 0.3 is 5.97 Å². The van der Waals surface area contributed by atoms with Crippen molar-refractivity contribution in [3.05, 3.63) is 91.1 Å². The lowest BCUT2D eigenvalue weighted by Gasteiger charge is -2.12. The monoisotopic (exact) mass is 465 g/mol.